The average Bonchev–Trinajstić information content (AvgIpc) is 3.06. The van der Waals surface area contributed by atoms with Gasteiger partial charge in [0.1, 0.15) is 0 Å². The molecule has 0 spiro atoms. The third-order valence-electron chi connectivity index (χ3n) is 4.48. The monoisotopic (exact) mass is 281 g/mol. The molecule has 0 saturated carbocycles. The Balaban J connectivity index is 1.92. The second kappa shape index (κ2) is 6.71. The van der Waals surface area contributed by atoms with Gasteiger partial charge in [0.25, 0.3) is 0 Å². The summed E-state index contributed by atoms with van der Waals surface area (Å²) >= 11 is 1.85. The van der Waals surface area contributed by atoms with Crippen molar-refractivity contribution in [2.45, 2.75) is 53.0 Å². The third-order valence-corrected chi connectivity index (χ3v) is 5.53. The second-order valence-corrected chi connectivity index (χ2v) is 6.76. The van der Waals surface area contributed by atoms with Crippen LogP contribution in [0.3, 0.4) is 0 Å². The van der Waals surface area contributed by atoms with E-state index in [9.17, 15) is 0 Å². The van der Waals surface area contributed by atoms with E-state index in [1.165, 1.54) is 48.8 Å². The molecule has 0 aromatic carbocycles. The molecule has 0 unspecified atom stereocenters. The predicted octanol–water partition coefficient (Wildman–Crippen LogP) is 3.66. The topological polar surface area (TPSA) is 28.2 Å². The predicted molar refractivity (Wildman–Crippen MR) is 84.0 cm³/mol. The fourth-order valence-electron chi connectivity index (χ4n) is 2.84. The van der Waals surface area contributed by atoms with Crippen LogP contribution < -0.4 is 10.2 Å². The average molecular weight is 281 g/mol. The molecule has 0 bridgehead atoms. The number of rotatable bonds is 7. The van der Waals surface area contributed by atoms with Crippen LogP contribution in [-0.2, 0) is 6.54 Å². The molecule has 1 N–H and O–H groups in total. The summed E-state index contributed by atoms with van der Waals surface area (Å²) in [4.78, 5) is 8.46. The summed E-state index contributed by atoms with van der Waals surface area (Å²) in [5.41, 5.74) is 0.534. The van der Waals surface area contributed by atoms with Crippen molar-refractivity contribution < 1.29 is 0 Å². The molecule has 19 heavy (non-hydrogen) atoms. The summed E-state index contributed by atoms with van der Waals surface area (Å²) in [6.45, 7) is 11.3. The Labute approximate surface area is 121 Å². The lowest BCUT2D eigenvalue weighted by Gasteiger charge is -2.26. The second-order valence-electron chi connectivity index (χ2n) is 5.66. The van der Waals surface area contributed by atoms with Gasteiger partial charge in [-0.1, -0.05) is 20.8 Å². The molecular weight excluding hydrogens is 254 g/mol. The highest BCUT2D eigenvalue weighted by Gasteiger charge is 2.35. The lowest BCUT2D eigenvalue weighted by Crippen LogP contribution is -2.25. The number of hydrogen-bond acceptors (Lipinski definition) is 4. The van der Waals surface area contributed by atoms with Crippen molar-refractivity contribution in [3.05, 3.63) is 11.1 Å². The fourth-order valence-corrected chi connectivity index (χ4v) is 3.74. The zero-order valence-corrected chi connectivity index (χ0v) is 13.4. The standard InChI is InChI=1S/C15H27N3S/c1-4-8-16-10-13-11-17-14(19-13)18-9-7-15(5-2,6-3)12-18/h11,16H,4-10,12H2,1-3H3. The Bertz CT molecular complexity index is 384. The van der Waals surface area contributed by atoms with Crippen molar-refractivity contribution in [1.29, 1.82) is 0 Å². The summed E-state index contributed by atoms with van der Waals surface area (Å²) < 4.78 is 0. The molecule has 0 atom stereocenters. The maximum atomic E-state index is 4.62. The van der Waals surface area contributed by atoms with Crippen LogP contribution in [0.4, 0.5) is 5.13 Å². The molecule has 2 heterocycles. The molecule has 0 amide bonds. The molecule has 4 heteroatoms. The van der Waals surface area contributed by atoms with Crippen molar-refractivity contribution in [2.75, 3.05) is 24.5 Å². The molecule has 108 valence electrons. The van der Waals surface area contributed by atoms with Gasteiger partial charge in [-0.25, -0.2) is 4.98 Å². The largest absolute Gasteiger partial charge is 0.348 e. The molecule has 2 rings (SSSR count). The Morgan fingerprint density at radius 3 is 2.79 bits per heavy atom. The Hall–Kier alpha value is -0.610. The van der Waals surface area contributed by atoms with Gasteiger partial charge in [0.05, 0.1) is 0 Å². The Kier molecular flexibility index (Phi) is 5.22. The highest BCUT2D eigenvalue weighted by Crippen LogP contribution is 2.39. The zero-order chi connectivity index (χ0) is 13.7. The summed E-state index contributed by atoms with van der Waals surface area (Å²) in [6.07, 6.45) is 7.13. The molecule has 1 saturated heterocycles. The molecule has 1 aliphatic rings. The van der Waals surface area contributed by atoms with Crippen LogP contribution in [0.2, 0.25) is 0 Å². The number of nitrogens with zero attached hydrogens (tertiary/aromatic N) is 2. The molecule has 0 aliphatic carbocycles. The van der Waals surface area contributed by atoms with Crippen molar-refractivity contribution >= 4 is 16.5 Å². The minimum absolute atomic E-state index is 0.534. The summed E-state index contributed by atoms with van der Waals surface area (Å²) in [7, 11) is 0. The van der Waals surface area contributed by atoms with E-state index >= 15 is 0 Å². The third kappa shape index (κ3) is 3.48. The van der Waals surface area contributed by atoms with Gasteiger partial charge in [-0.15, -0.1) is 11.3 Å². The van der Waals surface area contributed by atoms with Gasteiger partial charge in [0, 0.05) is 30.7 Å². The number of hydrogen-bond donors (Lipinski definition) is 1. The fraction of sp³-hybridized carbons (Fsp3) is 0.800. The van der Waals surface area contributed by atoms with Gasteiger partial charge in [0.2, 0.25) is 0 Å². The van der Waals surface area contributed by atoms with Crippen molar-refractivity contribution in [1.82, 2.24) is 10.3 Å². The van der Waals surface area contributed by atoms with E-state index in [2.05, 4.69) is 36.0 Å². The molecule has 0 radical (unpaired) electrons. The SMILES string of the molecule is CCCNCc1cnc(N2CCC(CC)(CC)C2)s1. The lowest BCUT2D eigenvalue weighted by molar-refractivity contribution is 0.301. The summed E-state index contributed by atoms with van der Waals surface area (Å²) in [6, 6.07) is 0. The highest BCUT2D eigenvalue weighted by molar-refractivity contribution is 7.15. The molecule has 1 aromatic heterocycles. The summed E-state index contributed by atoms with van der Waals surface area (Å²) in [5, 5.41) is 4.67. The normalized spacial score (nSPS) is 18.2. The van der Waals surface area contributed by atoms with Gasteiger partial charge < -0.3 is 10.2 Å². The van der Waals surface area contributed by atoms with Crippen LogP contribution in [0.5, 0.6) is 0 Å². The first kappa shape index (κ1) is 14.8. The highest BCUT2D eigenvalue weighted by atomic mass is 32.1. The molecule has 1 fully saturated rings. The minimum Gasteiger partial charge on any atom is -0.348 e. The van der Waals surface area contributed by atoms with Crippen LogP contribution in [-0.4, -0.2) is 24.6 Å². The van der Waals surface area contributed by atoms with Crippen LogP contribution in [0.25, 0.3) is 0 Å². The van der Waals surface area contributed by atoms with E-state index in [1.807, 2.05) is 17.5 Å². The van der Waals surface area contributed by atoms with Gasteiger partial charge in [0.15, 0.2) is 5.13 Å². The van der Waals surface area contributed by atoms with Crippen molar-refractivity contribution in [2.24, 2.45) is 5.41 Å². The first-order chi connectivity index (χ1) is 9.23. The van der Waals surface area contributed by atoms with E-state index in [-0.39, 0.29) is 0 Å². The molecule has 3 nitrogen and oxygen atoms in total. The number of nitrogens with one attached hydrogen (secondary N) is 1. The number of aromatic nitrogens is 1. The van der Waals surface area contributed by atoms with E-state index in [0.29, 0.717) is 5.41 Å². The van der Waals surface area contributed by atoms with Crippen molar-refractivity contribution in [3.63, 3.8) is 0 Å². The molecule has 1 aliphatic heterocycles. The van der Waals surface area contributed by atoms with Gasteiger partial charge >= 0.3 is 0 Å². The Morgan fingerprint density at radius 2 is 2.16 bits per heavy atom. The lowest BCUT2D eigenvalue weighted by atomic mass is 9.82. The van der Waals surface area contributed by atoms with E-state index < -0.39 is 0 Å². The van der Waals surface area contributed by atoms with Gasteiger partial charge in [-0.2, -0.15) is 0 Å². The van der Waals surface area contributed by atoms with Crippen LogP contribution in [0.1, 0.15) is 51.3 Å². The maximum absolute atomic E-state index is 4.62. The van der Waals surface area contributed by atoms with E-state index in [4.69, 9.17) is 0 Å². The van der Waals surface area contributed by atoms with E-state index in [0.717, 1.165) is 13.1 Å². The van der Waals surface area contributed by atoms with Crippen LogP contribution in [0, 0.1) is 5.41 Å². The molecule has 1 aromatic rings. The van der Waals surface area contributed by atoms with Crippen LogP contribution >= 0.6 is 11.3 Å². The van der Waals surface area contributed by atoms with Gasteiger partial charge in [-0.3, -0.25) is 0 Å². The Morgan fingerprint density at radius 1 is 1.37 bits per heavy atom. The maximum Gasteiger partial charge on any atom is 0.185 e. The number of thiazole rings is 1. The zero-order valence-electron chi connectivity index (χ0n) is 12.5. The first-order valence-corrected chi connectivity index (χ1v) is 8.45. The number of anilines is 1. The van der Waals surface area contributed by atoms with Crippen molar-refractivity contribution in [3.8, 4) is 0 Å². The quantitative estimate of drug-likeness (QED) is 0.773. The molecular formula is C15H27N3S. The minimum atomic E-state index is 0.534. The smallest absolute Gasteiger partial charge is 0.185 e. The van der Waals surface area contributed by atoms with Gasteiger partial charge in [-0.05, 0) is 37.6 Å². The summed E-state index contributed by atoms with van der Waals surface area (Å²) in [5.74, 6) is 0. The first-order valence-electron chi connectivity index (χ1n) is 7.63. The van der Waals surface area contributed by atoms with E-state index in [1.54, 1.807) is 0 Å². The van der Waals surface area contributed by atoms with Crippen LogP contribution in [0.15, 0.2) is 6.20 Å².